The standard InChI is InChI=1S/C15H18F3N3/c1-2-8-21-14(6-7-20-21)13(19)10-11-4-3-5-12(9-11)15(16,17)18/h3-7,9,13H,2,8,10,19H2,1H3. The van der Waals surface area contributed by atoms with E-state index in [0.29, 0.717) is 12.0 Å². The first kappa shape index (κ1) is 15.6. The Labute approximate surface area is 121 Å². The van der Waals surface area contributed by atoms with E-state index in [-0.39, 0.29) is 6.04 Å². The molecular weight excluding hydrogens is 279 g/mol. The lowest BCUT2D eigenvalue weighted by molar-refractivity contribution is -0.137. The Balaban J connectivity index is 2.16. The number of aromatic nitrogens is 2. The van der Waals surface area contributed by atoms with Crippen LogP contribution in [0.4, 0.5) is 13.2 Å². The van der Waals surface area contributed by atoms with Crippen LogP contribution in [-0.4, -0.2) is 9.78 Å². The Bertz CT molecular complexity index is 590. The number of rotatable bonds is 5. The van der Waals surface area contributed by atoms with Crippen molar-refractivity contribution in [1.29, 1.82) is 0 Å². The van der Waals surface area contributed by atoms with Gasteiger partial charge in [-0.1, -0.05) is 25.1 Å². The van der Waals surface area contributed by atoms with E-state index in [1.807, 2.05) is 13.0 Å². The van der Waals surface area contributed by atoms with Crippen LogP contribution in [0.1, 0.15) is 36.2 Å². The zero-order valence-corrected chi connectivity index (χ0v) is 11.8. The predicted molar refractivity (Wildman–Crippen MR) is 74.6 cm³/mol. The van der Waals surface area contributed by atoms with Gasteiger partial charge in [-0.3, -0.25) is 4.68 Å². The maximum absolute atomic E-state index is 12.7. The molecule has 3 nitrogen and oxygen atoms in total. The number of hydrogen-bond acceptors (Lipinski definition) is 2. The molecule has 114 valence electrons. The van der Waals surface area contributed by atoms with Crippen molar-refractivity contribution in [2.45, 2.75) is 38.5 Å². The number of nitrogens with zero attached hydrogens (tertiary/aromatic N) is 2. The Kier molecular flexibility index (Phi) is 4.67. The van der Waals surface area contributed by atoms with Crippen LogP contribution in [0.5, 0.6) is 0 Å². The number of benzene rings is 1. The number of halogens is 3. The highest BCUT2D eigenvalue weighted by atomic mass is 19.4. The van der Waals surface area contributed by atoms with Crippen LogP contribution in [0.15, 0.2) is 36.5 Å². The van der Waals surface area contributed by atoms with E-state index in [4.69, 9.17) is 5.73 Å². The lowest BCUT2D eigenvalue weighted by atomic mass is 10.0. The SMILES string of the molecule is CCCn1nccc1C(N)Cc1cccc(C(F)(F)F)c1. The monoisotopic (exact) mass is 297 g/mol. The largest absolute Gasteiger partial charge is 0.416 e. The van der Waals surface area contributed by atoms with Crippen molar-refractivity contribution >= 4 is 0 Å². The molecule has 0 saturated heterocycles. The van der Waals surface area contributed by atoms with Crippen LogP contribution in [0.2, 0.25) is 0 Å². The number of hydrogen-bond donors (Lipinski definition) is 1. The van der Waals surface area contributed by atoms with Gasteiger partial charge >= 0.3 is 6.18 Å². The zero-order chi connectivity index (χ0) is 15.5. The van der Waals surface area contributed by atoms with E-state index in [1.165, 1.54) is 6.07 Å². The average molecular weight is 297 g/mol. The molecule has 0 aliphatic rings. The second kappa shape index (κ2) is 6.30. The summed E-state index contributed by atoms with van der Waals surface area (Å²) in [6.07, 6.45) is -1.40. The van der Waals surface area contributed by atoms with Gasteiger partial charge in [0.05, 0.1) is 17.3 Å². The van der Waals surface area contributed by atoms with E-state index in [2.05, 4.69) is 5.10 Å². The molecule has 1 aromatic heterocycles. The van der Waals surface area contributed by atoms with E-state index in [1.54, 1.807) is 16.9 Å². The van der Waals surface area contributed by atoms with Crippen LogP contribution in [-0.2, 0) is 19.1 Å². The van der Waals surface area contributed by atoms with Gasteiger partial charge in [0, 0.05) is 12.7 Å². The van der Waals surface area contributed by atoms with Crippen LogP contribution < -0.4 is 5.73 Å². The summed E-state index contributed by atoms with van der Waals surface area (Å²) in [6, 6.07) is 6.73. The van der Waals surface area contributed by atoms with Gasteiger partial charge < -0.3 is 5.73 Å². The molecule has 1 atom stereocenters. The molecule has 21 heavy (non-hydrogen) atoms. The second-order valence-electron chi connectivity index (χ2n) is 4.99. The van der Waals surface area contributed by atoms with Crippen LogP contribution in [0, 0.1) is 0 Å². The van der Waals surface area contributed by atoms with Gasteiger partial charge in [-0.25, -0.2) is 0 Å². The van der Waals surface area contributed by atoms with Crippen LogP contribution >= 0.6 is 0 Å². The molecule has 0 fully saturated rings. The minimum absolute atomic E-state index is 0.347. The molecule has 0 amide bonds. The van der Waals surface area contributed by atoms with E-state index < -0.39 is 11.7 Å². The van der Waals surface area contributed by atoms with E-state index in [9.17, 15) is 13.2 Å². The van der Waals surface area contributed by atoms with Gasteiger partial charge in [-0.05, 0) is 30.5 Å². The molecule has 0 bridgehead atoms. The topological polar surface area (TPSA) is 43.8 Å². The molecule has 0 aliphatic carbocycles. The molecule has 0 spiro atoms. The van der Waals surface area contributed by atoms with Gasteiger partial charge in [0.25, 0.3) is 0 Å². The lowest BCUT2D eigenvalue weighted by Crippen LogP contribution is -2.19. The zero-order valence-electron chi connectivity index (χ0n) is 11.8. The molecule has 2 aromatic rings. The highest BCUT2D eigenvalue weighted by Crippen LogP contribution is 2.30. The molecule has 0 aliphatic heterocycles. The summed E-state index contributed by atoms with van der Waals surface area (Å²) in [5.41, 5.74) is 6.89. The molecule has 0 saturated carbocycles. The molecule has 0 radical (unpaired) electrons. The maximum Gasteiger partial charge on any atom is 0.416 e. The third-order valence-electron chi connectivity index (χ3n) is 3.27. The number of alkyl halides is 3. The molecular formula is C15H18F3N3. The van der Waals surface area contributed by atoms with Gasteiger partial charge in [-0.15, -0.1) is 0 Å². The quantitative estimate of drug-likeness (QED) is 0.917. The minimum Gasteiger partial charge on any atom is -0.322 e. The summed E-state index contributed by atoms with van der Waals surface area (Å²) < 4.78 is 39.9. The molecule has 6 heteroatoms. The van der Waals surface area contributed by atoms with Crippen molar-refractivity contribution < 1.29 is 13.2 Å². The smallest absolute Gasteiger partial charge is 0.322 e. The summed E-state index contributed by atoms with van der Waals surface area (Å²) in [4.78, 5) is 0. The fraction of sp³-hybridized carbons (Fsp3) is 0.400. The van der Waals surface area contributed by atoms with Crippen LogP contribution in [0.25, 0.3) is 0 Å². The minimum atomic E-state index is -4.33. The summed E-state index contributed by atoms with van der Waals surface area (Å²) in [5.74, 6) is 0. The molecule has 1 unspecified atom stereocenters. The van der Waals surface area contributed by atoms with Crippen molar-refractivity contribution in [2.75, 3.05) is 0 Å². The van der Waals surface area contributed by atoms with E-state index in [0.717, 1.165) is 30.8 Å². The second-order valence-corrected chi connectivity index (χ2v) is 4.99. The fourth-order valence-electron chi connectivity index (χ4n) is 2.29. The number of aryl methyl sites for hydroxylation is 1. The first-order chi connectivity index (χ1) is 9.91. The maximum atomic E-state index is 12.7. The Hall–Kier alpha value is -1.82. The summed E-state index contributed by atoms with van der Waals surface area (Å²) in [6.45, 7) is 2.78. The van der Waals surface area contributed by atoms with Crippen molar-refractivity contribution in [2.24, 2.45) is 5.73 Å². The first-order valence-corrected chi connectivity index (χ1v) is 6.85. The third-order valence-corrected chi connectivity index (χ3v) is 3.27. The van der Waals surface area contributed by atoms with Crippen molar-refractivity contribution in [3.63, 3.8) is 0 Å². The van der Waals surface area contributed by atoms with Gasteiger partial charge in [0.2, 0.25) is 0 Å². The Morgan fingerprint density at radius 1 is 1.29 bits per heavy atom. The van der Waals surface area contributed by atoms with Gasteiger partial charge in [0.1, 0.15) is 0 Å². The molecule has 2 rings (SSSR count). The summed E-state index contributed by atoms with van der Waals surface area (Å²) >= 11 is 0. The lowest BCUT2D eigenvalue weighted by Gasteiger charge is -2.15. The number of nitrogens with two attached hydrogens (primary N) is 1. The highest BCUT2D eigenvalue weighted by molar-refractivity contribution is 5.27. The molecule has 2 N–H and O–H groups in total. The first-order valence-electron chi connectivity index (χ1n) is 6.85. The fourth-order valence-corrected chi connectivity index (χ4v) is 2.29. The van der Waals surface area contributed by atoms with Gasteiger partial charge in [0.15, 0.2) is 0 Å². The summed E-state index contributed by atoms with van der Waals surface area (Å²) in [7, 11) is 0. The summed E-state index contributed by atoms with van der Waals surface area (Å²) in [5, 5.41) is 4.18. The Morgan fingerprint density at radius 3 is 2.71 bits per heavy atom. The van der Waals surface area contributed by atoms with Crippen LogP contribution in [0.3, 0.4) is 0 Å². The normalized spacial score (nSPS) is 13.4. The van der Waals surface area contributed by atoms with E-state index >= 15 is 0 Å². The van der Waals surface area contributed by atoms with Crippen molar-refractivity contribution in [1.82, 2.24) is 9.78 Å². The third kappa shape index (κ3) is 3.85. The molecule has 1 aromatic carbocycles. The van der Waals surface area contributed by atoms with Crippen molar-refractivity contribution in [3.8, 4) is 0 Å². The van der Waals surface area contributed by atoms with Gasteiger partial charge in [-0.2, -0.15) is 18.3 Å². The predicted octanol–water partition coefficient (Wildman–Crippen LogP) is 3.55. The highest BCUT2D eigenvalue weighted by Gasteiger charge is 2.30. The molecule has 1 heterocycles. The van der Waals surface area contributed by atoms with Crippen molar-refractivity contribution in [3.05, 3.63) is 53.3 Å². The Morgan fingerprint density at radius 2 is 2.05 bits per heavy atom. The average Bonchev–Trinajstić information content (AvgIpc) is 2.87.